The number of aromatic nitrogens is 1. The average molecular weight is 330 g/mol. The van der Waals surface area contributed by atoms with Crippen molar-refractivity contribution >= 4 is 15.8 Å². The summed E-state index contributed by atoms with van der Waals surface area (Å²) in [4.78, 5) is 3.58. The molecule has 0 saturated carbocycles. The zero-order valence-electron chi connectivity index (χ0n) is 11.6. The van der Waals surface area contributed by atoms with Gasteiger partial charge in [-0.25, -0.2) is 13.4 Å². The molecule has 0 unspecified atom stereocenters. The van der Waals surface area contributed by atoms with Crippen molar-refractivity contribution < 1.29 is 21.6 Å². The van der Waals surface area contributed by atoms with E-state index in [2.05, 4.69) is 9.71 Å². The molecule has 118 valence electrons. The number of alkyl halides is 3. The van der Waals surface area contributed by atoms with E-state index in [-0.39, 0.29) is 10.7 Å². The van der Waals surface area contributed by atoms with Crippen molar-refractivity contribution in [1.82, 2.24) is 4.98 Å². The number of aryl methyl sites for hydroxylation is 1. The van der Waals surface area contributed by atoms with E-state index in [1.165, 1.54) is 6.07 Å². The minimum atomic E-state index is -4.51. The zero-order chi connectivity index (χ0) is 16.4. The van der Waals surface area contributed by atoms with Crippen LogP contribution >= 0.6 is 0 Å². The van der Waals surface area contributed by atoms with Crippen LogP contribution in [0.4, 0.5) is 19.0 Å². The fourth-order valence-electron chi connectivity index (χ4n) is 1.87. The number of nitrogens with one attached hydrogen (secondary N) is 1. The highest BCUT2D eigenvalue weighted by atomic mass is 32.2. The molecule has 0 saturated heterocycles. The molecule has 1 heterocycles. The highest BCUT2D eigenvalue weighted by molar-refractivity contribution is 7.92. The lowest BCUT2D eigenvalue weighted by atomic mass is 10.2. The third-order valence-corrected chi connectivity index (χ3v) is 4.43. The van der Waals surface area contributed by atoms with E-state index in [4.69, 9.17) is 0 Å². The summed E-state index contributed by atoms with van der Waals surface area (Å²) in [6, 6.07) is 8.16. The fourth-order valence-corrected chi connectivity index (χ4v) is 3.19. The first kappa shape index (κ1) is 16.3. The molecular weight excluding hydrogens is 317 g/mol. The molecule has 0 radical (unpaired) electrons. The molecule has 1 aromatic heterocycles. The van der Waals surface area contributed by atoms with E-state index in [1.54, 1.807) is 18.2 Å². The molecule has 22 heavy (non-hydrogen) atoms. The highest BCUT2D eigenvalue weighted by Crippen LogP contribution is 2.29. The summed E-state index contributed by atoms with van der Waals surface area (Å²) < 4.78 is 64.1. The molecule has 2 rings (SSSR count). The van der Waals surface area contributed by atoms with Gasteiger partial charge in [0.1, 0.15) is 5.82 Å². The molecule has 2 aromatic rings. The number of sulfonamides is 1. The maximum absolute atomic E-state index is 12.4. The van der Waals surface area contributed by atoms with Gasteiger partial charge >= 0.3 is 6.18 Å². The lowest BCUT2D eigenvalue weighted by Gasteiger charge is -2.11. The van der Waals surface area contributed by atoms with Crippen LogP contribution in [-0.4, -0.2) is 13.4 Å². The third-order valence-electron chi connectivity index (χ3n) is 2.97. The summed E-state index contributed by atoms with van der Waals surface area (Å²) in [7, 11) is -3.90. The van der Waals surface area contributed by atoms with Gasteiger partial charge in [-0.3, -0.25) is 4.72 Å². The third kappa shape index (κ3) is 3.56. The molecule has 0 atom stereocenters. The van der Waals surface area contributed by atoms with Gasteiger partial charge < -0.3 is 0 Å². The molecule has 0 aliphatic heterocycles. The van der Waals surface area contributed by atoms with Gasteiger partial charge in [0.05, 0.1) is 10.5 Å². The Morgan fingerprint density at radius 1 is 1.14 bits per heavy atom. The van der Waals surface area contributed by atoms with Crippen molar-refractivity contribution in [2.45, 2.75) is 24.4 Å². The van der Waals surface area contributed by atoms with E-state index in [9.17, 15) is 21.6 Å². The Balaban J connectivity index is 2.29. The summed E-state index contributed by atoms with van der Waals surface area (Å²) in [5.74, 6) is -0.168. The molecule has 0 spiro atoms. The van der Waals surface area contributed by atoms with Crippen molar-refractivity contribution in [2.75, 3.05) is 4.72 Å². The zero-order valence-corrected chi connectivity index (χ0v) is 12.4. The largest absolute Gasteiger partial charge is 0.417 e. The molecule has 0 bridgehead atoms. The minimum absolute atomic E-state index is 0.0826. The van der Waals surface area contributed by atoms with Crippen LogP contribution in [0.25, 0.3) is 0 Å². The Morgan fingerprint density at radius 2 is 1.82 bits per heavy atom. The van der Waals surface area contributed by atoms with Crippen molar-refractivity contribution in [3.63, 3.8) is 0 Å². The van der Waals surface area contributed by atoms with Crippen LogP contribution in [0.15, 0.2) is 47.5 Å². The van der Waals surface area contributed by atoms with Crippen molar-refractivity contribution in [3.8, 4) is 0 Å². The average Bonchev–Trinajstić information content (AvgIpc) is 2.46. The van der Waals surface area contributed by atoms with Gasteiger partial charge in [-0.2, -0.15) is 13.2 Å². The molecule has 0 amide bonds. The first-order valence-electron chi connectivity index (χ1n) is 6.38. The van der Waals surface area contributed by atoms with Gasteiger partial charge in [-0.05, 0) is 30.2 Å². The van der Waals surface area contributed by atoms with Gasteiger partial charge in [0.2, 0.25) is 0 Å². The molecule has 0 fully saturated rings. The summed E-state index contributed by atoms with van der Waals surface area (Å²) in [5, 5.41) is 0. The molecule has 0 aliphatic carbocycles. The van der Waals surface area contributed by atoms with E-state index in [1.807, 2.05) is 6.92 Å². The number of pyridine rings is 1. The van der Waals surface area contributed by atoms with Crippen LogP contribution in [0.5, 0.6) is 0 Å². The van der Waals surface area contributed by atoms with E-state index < -0.39 is 21.8 Å². The van der Waals surface area contributed by atoms with Crippen LogP contribution in [0.2, 0.25) is 0 Å². The summed E-state index contributed by atoms with van der Waals surface area (Å²) >= 11 is 0. The normalized spacial score (nSPS) is 12.2. The Labute approximate surface area is 126 Å². The van der Waals surface area contributed by atoms with Crippen LogP contribution in [0.3, 0.4) is 0 Å². The Bertz CT molecular complexity index is 756. The Kier molecular flexibility index (Phi) is 4.41. The van der Waals surface area contributed by atoms with Crippen molar-refractivity contribution in [2.24, 2.45) is 0 Å². The fraction of sp³-hybridized carbons (Fsp3) is 0.214. The number of hydrogen-bond acceptors (Lipinski definition) is 3. The quantitative estimate of drug-likeness (QED) is 0.934. The maximum Gasteiger partial charge on any atom is 0.417 e. The second kappa shape index (κ2) is 5.96. The summed E-state index contributed by atoms with van der Waals surface area (Å²) in [6.45, 7) is 1.81. The van der Waals surface area contributed by atoms with Crippen LogP contribution in [0.1, 0.15) is 18.1 Å². The van der Waals surface area contributed by atoms with Crippen LogP contribution < -0.4 is 4.72 Å². The predicted octanol–water partition coefficient (Wildman–Crippen LogP) is 3.46. The first-order valence-corrected chi connectivity index (χ1v) is 7.86. The van der Waals surface area contributed by atoms with E-state index >= 15 is 0 Å². The molecule has 4 nitrogen and oxygen atoms in total. The van der Waals surface area contributed by atoms with Gasteiger partial charge in [-0.1, -0.05) is 25.1 Å². The van der Waals surface area contributed by atoms with E-state index in [0.29, 0.717) is 18.2 Å². The number of benzene rings is 1. The van der Waals surface area contributed by atoms with E-state index in [0.717, 1.165) is 12.1 Å². The van der Waals surface area contributed by atoms with Gasteiger partial charge in [0, 0.05) is 6.20 Å². The minimum Gasteiger partial charge on any atom is -0.263 e. The second-order valence-corrected chi connectivity index (χ2v) is 6.15. The molecule has 8 heteroatoms. The molecular formula is C14H13F3N2O2S. The summed E-state index contributed by atoms with van der Waals surface area (Å²) in [5.41, 5.74) is -0.327. The van der Waals surface area contributed by atoms with Crippen LogP contribution in [0, 0.1) is 0 Å². The maximum atomic E-state index is 12.4. The van der Waals surface area contributed by atoms with Crippen molar-refractivity contribution in [1.29, 1.82) is 0 Å². The lowest BCUT2D eigenvalue weighted by Crippen LogP contribution is -2.16. The number of anilines is 1. The first-order chi connectivity index (χ1) is 10.2. The standard InChI is InChI=1S/C14H13F3N2O2S/c1-2-10-5-3-4-6-12(10)22(20,21)19-13-8-7-11(9-18-13)14(15,16)17/h3-9H,2H2,1H3,(H,18,19). The van der Waals surface area contributed by atoms with Gasteiger partial charge in [0.15, 0.2) is 0 Å². The topological polar surface area (TPSA) is 59.1 Å². The van der Waals surface area contributed by atoms with Crippen molar-refractivity contribution in [3.05, 3.63) is 53.7 Å². The highest BCUT2D eigenvalue weighted by Gasteiger charge is 2.30. The van der Waals surface area contributed by atoms with Gasteiger partial charge in [-0.15, -0.1) is 0 Å². The molecule has 0 aliphatic rings. The predicted molar refractivity (Wildman–Crippen MR) is 75.9 cm³/mol. The SMILES string of the molecule is CCc1ccccc1S(=O)(=O)Nc1ccc(C(F)(F)F)cn1. The molecule has 1 N–H and O–H groups in total. The number of halogens is 3. The Morgan fingerprint density at radius 3 is 2.36 bits per heavy atom. The number of hydrogen-bond donors (Lipinski definition) is 1. The summed E-state index contributed by atoms with van der Waals surface area (Å²) in [6.07, 6.45) is -3.42. The Hall–Kier alpha value is -2.09. The monoisotopic (exact) mass is 330 g/mol. The van der Waals surface area contributed by atoms with Gasteiger partial charge in [0.25, 0.3) is 10.0 Å². The number of rotatable bonds is 4. The second-order valence-electron chi connectivity index (χ2n) is 4.50. The molecule has 1 aromatic carbocycles. The lowest BCUT2D eigenvalue weighted by molar-refractivity contribution is -0.137. The smallest absolute Gasteiger partial charge is 0.263 e. The number of nitrogens with zero attached hydrogens (tertiary/aromatic N) is 1. The van der Waals surface area contributed by atoms with Crippen LogP contribution in [-0.2, 0) is 22.6 Å².